The van der Waals surface area contributed by atoms with Crippen LogP contribution in [0.5, 0.6) is 0 Å². The number of aliphatic carboxylic acids is 1. The van der Waals surface area contributed by atoms with E-state index in [1.165, 1.54) is 57.8 Å². The van der Waals surface area contributed by atoms with Crippen LogP contribution in [0.3, 0.4) is 0 Å². The van der Waals surface area contributed by atoms with E-state index in [0.717, 1.165) is 31.2 Å². The van der Waals surface area contributed by atoms with Gasteiger partial charge in [-0.25, -0.2) is 0 Å². The molecule has 3 unspecified atom stereocenters. The van der Waals surface area contributed by atoms with E-state index in [-0.39, 0.29) is 18.2 Å². The molecule has 1 aliphatic heterocycles. The summed E-state index contributed by atoms with van der Waals surface area (Å²) in [6.07, 6.45) is 20.4. The van der Waals surface area contributed by atoms with Crippen molar-refractivity contribution in [3.8, 4) is 0 Å². The molecule has 1 saturated heterocycles. The van der Waals surface area contributed by atoms with Gasteiger partial charge in [-0.1, -0.05) is 115 Å². The van der Waals surface area contributed by atoms with Gasteiger partial charge in [0.15, 0.2) is 6.29 Å². The molecule has 8 nitrogen and oxygen atoms in total. The summed E-state index contributed by atoms with van der Waals surface area (Å²) in [5, 5.41) is 15.3. The highest BCUT2D eigenvalue weighted by molar-refractivity contribution is 5.82. The first kappa shape index (κ1) is 38.5. The minimum Gasteiger partial charge on any atom is -0.481 e. The SMILES string of the molecule is CCCCCCCCC=CCCCCCCCC(=O)NCCCC(CC(=O)O)NC(=O)C1OC(c2ccccc2)OCC1(C)C. The maximum absolute atomic E-state index is 13.3. The number of carbonyl (C=O) groups is 3. The van der Waals surface area contributed by atoms with Gasteiger partial charge < -0.3 is 25.2 Å². The molecular formula is C37H60N2O6. The molecule has 1 heterocycles. The molecule has 0 spiro atoms. The summed E-state index contributed by atoms with van der Waals surface area (Å²) in [5.74, 6) is -1.30. The van der Waals surface area contributed by atoms with Crippen molar-refractivity contribution in [1.29, 1.82) is 0 Å². The second-order valence-corrected chi connectivity index (χ2v) is 13.2. The Morgan fingerprint density at radius 1 is 0.911 bits per heavy atom. The number of rotatable bonds is 24. The van der Waals surface area contributed by atoms with Crippen molar-refractivity contribution in [3.05, 3.63) is 48.0 Å². The van der Waals surface area contributed by atoms with E-state index >= 15 is 0 Å². The number of carbonyl (C=O) groups excluding carboxylic acids is 2. The molecular weight excluding hydrogens is 568 g/mol. The number of allylic oxidation sites excluding steroid dienone is 2. The molecule has 3 atom stereocenters. The summed E-state index contributed by atoms with van der Waals surface area (Å²) in [6.45, 7) is 6.83. The number of ether oxygens (including phenoxy) is 2. The van der Waals surface area contributed by atoms with Gasteiger partial charge in [0.1, 0.15) is 6.10 Å². The molecule has 0 radical (unpaired) electrons. The number of hydrogen-bond donors (Lipinski definition) is 3. The molecule has 3 N–H and O–H groups in total. The summed E-state index contributed by atoms with van der Waals surface area (Å²) in [6, 6.07) is 8.89. The molecule has 2 amide bonds. The third-order valence-electron chi connectivity index (χ3n) is 8.37. The van der Waals surface area contributed by atoms with Crippen LogP contribution in [0.15, 0.2) is 42.5 Å². The topological polar surface area (TPSA) is 114 Å². The zero-order valence-corrected chi connectivity index (χ0v) is 28.2. The van der Waals surface area contributed by atoms with Gasteiger partial charge >= 0.3 is 5.97 Å². The van der Waals surface area contributed by atoms with Crippen molar-refractivity contribution in [2.75, 3.05) is 13.2 Å². The van der Waals surface area contributed by atoms with Gasteiger partial charge in [-0.2, -0.15) is 0 Å². The third-order valence-corrected chi connectivity index (χ3v) is 8.37. The van der Waals surface area contributed by atoms with Gasteiger partial charge in [-0.15, -0.1) is 0 Å². The predicted molar refractivity (Wildman–Crippen MR) is 180 cm³/mol. The van der Waals surface area contributed by atoms with E-state index < -0.39 is 29.8 Å². The fourth-order valence-electron chi connectivity index (χ4n) is 5.65. The predicted octanol–water partition coefficient (Wildman–Crippen LogP) is 8.02. The lowest BCUT2D eigenvalue weighted by atomic mass is 9.85. The van der Waals surface area contributed by atoms with Crippen molar-refractivity contribution in [1.82, 2.24) is 10.6 Å². The van der Waals surface area contributed by atoms with Gasteiger partial charge in [-0.05, 0) is 44.9 Å². The molecule has 2 rings (SSSR count). The average molecular weight is 629 g/mol. The fraction of sp³-hybridized carbons (Fsp3) is 0.703. The summed E-state index contributed by atoms with van der Waals surface area (Å²) in [5.41, 5.74) is 0.242. The zero-order valence-electron chi connectivity index (χ0n) is 28.2. The highest BCUT2D eigenvalue weighted by Crippen LogP contribution is 2.36. The van der Waals surface area contributed by atoms with E-state index in [2.05, 4.69) is 29.7 Å². The second-order valence-electron chi connectivity index (χ2n) is 13.2. The maximum Gasteiger partial charge on any atom is 0.305 e. The summed E-state index contributed by atoms with van der Waals surface area (Å²) < 4.78 is 12.0. The van der Waals surface area contributed by atoms with Crippen LogP contribution in [0.1, 0.15) is 142 Å². The minimum atomic E-state index is -0.983. The second kappa shape index (κ2) is 22.7. The summed E-state index contributed by atoms with van der Waals surface area (Å²) in [4.78, 5) is 37.1. The first-order chi connectivity index (χ1) is 21.7. The van der Waals surface area contributed by atoms with Crippen molar-refractivity contribution in [3.63, 3.8) is 0 Å². The Balaban J connectivity index is 1.58. The molecule has 1 aromatic rings. The van der Waals surface area contributed by atoms with Crippen LogP contribution < -0.4 is 10.6 Å². The molecule has 1 aromatic carbocycles. The molecule has 254 valence electrons. The minimum absolute atomic E-state index is 0.0238. The van der Waals surface area contributed by atoms with E-state index in [0.29, 0.717) is 32.4 Å². The maximum atomic E-state index is 13.3. The smallest absolute Gasteiger partial charge is 0.305 e. The van der Waals surface area contributed by atoms with Crippen LogP contribution in [-0.4, -0.2) is 48.2 Å². The molecule has 8 heteroatoms. The first-order valence-corrected chi connectivity index (χ1v) is 17.5. The quantitative estimate of drug-likeness (QED) is 0.0789. The van der Waals surface area contributed by atoms with Crippen molar-refractivity contribution in [2.45, 2.75) is 148 Å². The van der Waals surface area contributed by atoms with Crippen molar-refractivity contribution in [2.24, 2.45) is 5.41 Å². The van der Waals surface area contributed by atoms with Gasteiger partial charge in [0.2, 0.25) is 11.8 Å². The Morgan fingerprint density at radius 3 is 2.18 bits per heavy atom. The van der Waals surface area contributed by atoms with Crippen LogP contribution in [0, 0.1) is 5.41 Å². The Morgan fingerprint density at radius 2 is 1.53 bits per heavy atom. The van der Waals surface area contributed by atoms with Crippen LogP contribution in [0.2, 0.25) is 0 Å². The van der Waals surface area contributed by atoms with Gasteiger partial charge in [0.05, 0.1) is 13.0 Å². The summed E-state index contributed by atoms with van der Waals surface area (Å²) >= 11 is 0. The normalized spacial score (nSPS) is 18.5. The van der Waals surface area contributed by atoms with E-state index in [1.54, 1.807) is 0 Å². The number of carboxylic acids is 1. The van der Waals surface area contributed by atoms with Gasteiger partial charge in [0, 0.05) is 30.0 Å². The number of amides is 2. The highest BCUT2D eigenvalue weighted by atomic mass is 16.7. The summed E-state index contributed by atoms with van der Waals surface area (Å²) in [7, 11) is 0. The fourth-order valence-corrected chi connectivity index (χ4v) is 5.65. The van der Waals surface area contributed by atoms with E-state index in [9.17, 15) is 19.5 Å². The molecule has 1 fully saturated rings. The zero-order chi connectivity index (χ0) is 32.8. The van der Waals surface area contributed by atoms with Crippen molar-refractivity contribution >= 4 is 17.8 Å². The largest absolute Gasteiger partial charge is 0.481 e. The third kappa shape index (κ3) is 17.0. The van der Waals surface area contributed by atoms with Gasteiger partial charge in [-0.3, -0.25) is 14.4 Å². The number of hydrogen-bond acceptors (Lipinski definition) is 5. The lowest BCUT2D eigenvalue weighted by Gasteiger charge is -2.41. The van der Waals surface area contributed by atoms with Crippen molar-refractivity contribution < 1.29 is 29.0 Å². The Labute approximate surface area is 272 Å². The molecule has 0 bridgehead atoms. The van der Waals surface area contributed by atoms with Gasteiger partial charge in [0.25, 0.3) is 0 Å². The monoisotopic (exact) mass is 628 g/mol. The number of carboxylic acid groups (broad SMARTS) is 1. The molecule has 1 aliphatic rings. The van der Waals surface area contributed by atoms with E-state index in [1.807, 2.05) is 44.2 Å². The highest BCUT2D eigenvalue weighted by Gasteiger charge is 2.43. The molecule has 0 aliphatic carbocycles. The van der Waals surface area contributed by atoms with E-state index in [4.69, 9.17) is 9.47 Å². The lowest BCUT2D eigenvalue weighted by Crippen LogP contribution is -2.53. The van der Waals surface area contributed by atoms with Crippen LogP contribution in [0.4, 0.5) is 0 Å². The van der Waals surface area contributed by atoms with Crippen LogP contribution in [0.25, 0.3) is 0 Å². The lowest BCUT2D eigenvalue weighted by molar-refractivity contribution is -0.258. The first-order valence-electron chi connectivity index (χ1n) is 17.5. The standard InChI is InChI=1S/C37H60N2O6/c1-4-5-6-7-8-9-10-11-12-13-14-15-16-17-21-26-32(40)38-27-22-25-31(28-33(41)42)39-35(43)34-37(2,3)29-44-36(45-34)30-23-19-18-20-24-30/h11-12,18-20,23-24,31,34,36H,4-10,13-17,21-22,25-29H2,1-3H3,(H,38,40)(H,39,43)(H,41,42). The Hall–Kier alpha value is -2.71. The van der Waals surface area contributed by atoms with Crippen LogP contribution in [-0.2, 0) is 23.9 Å². The Kier molecular flexibility index (Phi) is 19.4. The Bertz CT molecular complexity index is 996. The number of nitrogens with one attached hydrogen (secondary N) is 2. The molecule has 0 saturated carbocycles. The molecule has 0 aromatic heterocycles. The average Bonchev–Trinajstić information content (AvgIpc) is 3.01. The number of benzene rings is 1. The van der Waals surface area contributed by atoms with Crippen LogP contribution >= 0.6 is 0 Å². The molecule has 45 heavy (non-hydrogen) atoms. The number of unbranched alkanes of at least 4 members (excludes halogenated alkanes) is 11.